The Morgan fingerprint density at radius 1 is 1.07 bits per heavy atom. The fourth-order valence-electron chi connectivity index (χ4n) is 3.01. The number of carbonyl (C=O) groups excluding carboxylic acids is 1. The first kappa shape index (κ1) is 17.7. The molecule has 0 bridgehead atoms. The molecule has 0 saturated carbocycles. The highest BCUT2D eigenvalue weighted by molar-refractivity contribution is 6.04. The molecular formula is C21H18FN5O. The van der Waals surface area contributed by atoms with Gasteiger partial charge in [-0.3, -0.25) is 4.79 Å². The summed E-state index contributed by atoms with van der Waals surface area (Å²) in [6.45, 7) is 3.70. The second-order valence-electron chi connectivity index (χ2n) is 6.47. The molecule has 0 aliphatic heterocycles. The summed E-state index contributed by atoms with van der Waals surface area (Å²) in [6, 6.07) is 15.7. The number of halogens is 1. The van der Waals surface area contributed by atoms with Crippen LogP contribution in [0.3, 0.4) is 0 Å². The normalized spacial score (nSPS) is 10.8. The summed E-state index contributed by atoms with van der Waals surface area (Å²) in [6.07, 6.45) is 3.25. The first-order valence-corrected chi connectivity index (χ1v) is 8.76. The zero-order chi connectivity index (χ0) is 19.7. The van der Waals surface area contributed by atoms with E-state index in [0.29, 0.717) is 11.4 Å². The van der Waals surface area contributed by atoms with E-state index in [0.717, 1.165) is 17.1 Å². The van der Waals surface area contributed by atoms with Gasteiger partial charge < -0.3 is 5.32 Å². The zero-order valence-electron chi connectivity index (χ0n) is 15.4. The number of anilines is 1. The van der Waals surface area contributed by atoms with E-state index in [1.54, 1.807) is 29.2 Å². The molecule has 1 amide bonds. The van der Waals surface area contributed by atoms with Gasteiger partial charge in [-0.2, -0.15) is 10.2 Å². The van der Waals surface area contributed by atoms with Crippen molar-refractivity contribution in [2.75, 3.05) is 5.32 Å². The molecule has 7 heteroatoms. The lowest BCUT2D eigenvalue weighted by Crippen LogP contribution is -2.12. The largest absolute Gasteiger partial charge is 0.319 e. The molecule has 0 aliphatic carbocycles. The number of carbonyl (C=O) groups is 1. The molecular weight excluding hydrogens is 357 g/mol. The quantitative estimate of drug-likeness (QED) is 0.585. The topological polar surface area (TPSA) is 64.7 Å². The number of amides is 1. The van der Waals surface area contributed by atoms with Gasteiger partial charge in [0.25, 0.3) is 5.91 Å². The first-order valence-electron chi connectivity index (χ1n) is 8.76. The smallest absolute Gasteiger partial charge is 0.255 e. The lowest BCUT2D eigenvalue weighted by Gasteiger charge is -2.08. The molecule has 28 heavy (non-hydrogen) atoms. The van der Waals surface area contributed by atoms with Crippen LogP contribution in [0.1, 0.15) is 21.7 Å². The Balaban J connectivity index is 1.54. The Bertz CT molecular complexity index is 1150. The van der Waals surface area contributed by atoms with Crippen LogP contribution in [0.4, 0.5) is 10.1 Å². The highest BCUT2D eigenvalue weighted by Crippen LogP contribution is 2.19. The van der Waals surface area contributed by atoms with Gasteiger partial charge in [-0.1, -0.05) is 18.2 Å². The summed E-state index contributed by atoms with van der Waals surface area (Å²) in [4.78, 5) is 12.5. The van der Waals surface area contributed by atoms with Crippen LogP contribution in [0, 0.1) is 19.7 Å². The van der Waals surface area contributed by atoms with Crippen molar-refractivity contribution in [3.05, 3.63) is 89.8 Å². The van der Waals surface area contributed by atoms with E-state index in [2.05, 4.69) is 15.5 Å². The predicted octanol–water partition coefficient (Wildman–Crippen LogP) is 4.07. The van der Waals surface area contributed by atoms with Gasteiger partial charge >= 0.3 is 0 Å². The number of rotatable bonds is 4. The van der Waals surface area contributed by atoms with Crippen molar-refractivity contribution < 1.29 is 9.18 Å². The second kappa shape index (κ2) is 7.11. The minimum atomic E-state index is -0.515. The number of aryl methyl sites for hydroxylation is 2. The van der Waals surface area contributed by atoms with Crippen LogP contribution in [-0.2, 0) is 0 Å². The number of para-hydroxylation sites is 1. The van der Waals surface area contributed by atoms with Gasteiger partial charge in [0, 0.05) is 11.3 Å². The van der Waals surface area contributed by atoms with Crippen molar-refractivity contribution in [2.45, 2.75) is 13.8 Å². The van der Waals surface area contributed by atoms with Crippen LogP contribution >= 0.6 is 0 Å². The molecule has 2 heterocycles. The molecule has 0 radical (unpaired) electrons. The molecule has 0 fully saturated rings. The van der Waals surface area contributed by atoms with Gasteiger partial charge in [-0.05, 0) is 50.2 Å². The molecule has 0 aliphatic rings. The monoisotopic (exact) mass is 375 g/mol. The van der Waals surface area contributed by atoms with Crippen molar-refractivity contribution in [3.8, 4) is 11.4 Å². The third-order valence-electron chi connectivity index (χ3n) is 4.31. The van der Waals surface area contributed by atoms with Crippen LogP contribution in [0.2, 0.25) is 0 Å². The SMILES string of the molecule is Cc1cc(C)n(-c2ccc(C(=O)Nc3cnn(-c4ccccc4)c3)cc2F)n1. The molecule has 4 aromatic rings. The molecule has 2 aromatic heterocycles. The minimum Gasteiger partial charge on any atom is -0.319 e. The van der Waals surface area contributed by atoms with Gasteiger partial charge in [-0.25, -0.2) is 13.8 Å². The Morgan fingerprint density at radius 3 is 2.54 bits per heavy atom. The van der Waals surface area contributed by atoms with E-state index in [9.17, 15) is 9.18 Å². The number of aromatic nitrogens is 4. The van der Waals surface area contributed by atoms with E-state index in [-0.39, 0.29) is 5.56 Å². The molecule has 0 unspecified atom stereocenters. The highest BCUT2D eigenvalue weighted by Gasteiger charge is 2.14. The summed E-state index contributed by atoms with van der Waals surface area (Å²) in [7, 11) is 0. The number of nitrogens with one attached hydrogen (secondary N) is 1. The van der Waals surface area contributed by atoms with Crippen molar-refractivity contribution in [1.82, 2.24) is 19.6 Å². The maximum Gasteiger partial charge on any atom is 0.255 e. The summed E-state index contributed by atoms with van der Waals surface area (Å²) >= 11 is 0. The summed E-state index contributed by atoms with van der Waals surface area (Å²) in [5.74, 6) is -0.926. The molecule has 1 N–H and O–H groups in total. The van der Waals surface area contributed by atoms with Crippen LogP contribution in [0.15, 0.2) is 67.0 Å². The molecule has 140 valence electrons. The molecule has 2 aromatic carbocycles. The Hall–Kier alpha value is -3.74. The zero-order valence-corrected chi connectivity index (χ0v) is 15.4. The number of hydrogen-bond donors (Lipinski definition) is 1. The molecule has 0 spiro atoms. The van der Waals surface area contributed by atoms with Crippen LogP contribution < -0.4 is 5.32 Å². The van der Waals surface area contributed by atoms with Gasteiger partial charge in [0.2, 0.25) is 0 Å². The van der Waals surface area contributed by atoms with E-state index in [4.69, 9.17) is 0 Å². The van der Waals surface area contributed by atoms with E-state index < -0.39 is 11.7 Å². The van der Waals surface area contributed by atoms with Gasteiger partial charge in [-0.15, -0.1) is 0 Å². The Morgan fingerprint density at radius 2 is 1.86 bits per heavy atom. The third kappa shape index (κ3) is 3.42. The summed E-state index contributed by atoms with van der Waals surface area (Å²) in [5, 5.41) is 11.3. The van der Waals surface area contributed by atoms with Gasteiger partial charge in [0.15, 0.2) is 0 Å². The number of benzene rings is 2. The van der Waals surface area contributed by atoms with Crippen molar-refractivity contribution >= 4 is 11.6 Å². The first-order chi connectivity index (χ1) is 13.5. The minimum absolute atomic E-state index is 0.218. The average Bonchev–Trinajstić information content (AvgIpc) is 3.28. The van der Waals surface area contributed by atoms with Gasteiger partial charge in [0.1, 0.15) is 11.5 Å². The van der Waals surface area contributed by atoms with E-state index in [1.165, 1.54) is 10.7 Å². The van der Waals surface area contributed by atoms with E-state index >= 15 is 0 Å². The maximum atomic E-state index is 14.6. The molecule has 4 rings (SSSR count). The molecule has 6 nitrogen and oxygen atoms in total. The lowest BCUT2D eigenvalue weighted by molar-refractivity contribution is 0.102. The number of hydrogen-bond acceptors (Lipinski definition) is 3. The van der Waals surface area contributed by atoms with Crippen molar-refractivity contribution in [3.63, 3.8) is 0 Å². The Kier molecular flexibility index (Phi) is 4.49. The second-order valence-corrected chi connectivity index (χ2v) is 6.47. The van der Waals surface area contributed by atoms with Crippen LogP contribution in [-0.4, -0.2) is 25.5 Å². The third-order valence-corrected chi connectivity index (χ3v) is 4.31. The molecule has 0 atom stereocenters. The summed E-state index contributed by atoms with van der Waals surface area (Å²) in [5.41, 5.74) is 3.55. The fourth-order valence-corrected chi connectivity index (χ4v) is 3.01. The molecule has 0 saturated heterocycles. The summed E-state index contributed by atoms with van der Waals surface area (Å²) < 4.78 is 17.8. The maximum absolute atomic E-state index is 14.6. The average molecular weight is 375 g/mol. The Labute approximate surface area is 161 Å². The van der Waals surface area contributed by atoms with Gasteiger partial charge in [0.05, 0.1) is 29.5 Å². The van der Waals surface area contributed by atoms with E-state index in [1.807, 2.05) is 50.2 Å². The van der Waals surface area contributed by atoms with Crippen LogP contribution in [0.5, 0.6) is 0 Å². The standard InChI is InChI=1S/C21H18FN5O/c1-14-10-15(2)27(25-14)20-9-8-16(11-19(20)22)21(28)24-17-12-23-26(13-17)18-6-4-3-5-7-18/h3-13H,1-2H3,(H,24,28). The predicted molar refractivity (Wildman–Crippen MR) is 105 cm³/mol. The van der Waals surface area contributed by atoms with Crippen molar-refractivity contribution in [2.24, 2.45) is 0 Å². The van der Waals surface area contributed by atoms with Crippen molar-refractivity contribution in [1.29, 1.82) is 0 Å². The fraction of sp³-hybridized carbons (Fsp3) is 0.0952. The number of nitrogens with zero attached hydrogens (tertiary/aromatic N) is 4. The lowest BCUT2D eigenvalue weighted by atomic mass is 10.2. The highest BCUT2D eigenvalue weighted by atomic mass is 19.1. The van der Waals surface area contributed by atoms with Crippen LogP contribution in [0.25, 0.3) is 11.4 Å².